The quantitative estimate of drug-likeness (QED) is 0.542. The van der Waals surface area contributed by atoms with Crippen LogP contribution in [0.4, 0.5) is 10.5 Å². The molecule has 8 heteroatoms. The highest BCUT2D eigenvalue weighted by molar-refractivity contribution is 5.91. The molecule has 0 bridgehead atoms. The van der Waals surface area contributed by atoms with Gasteiger partial charge in [0.05, 0.1) is 17.7 Å². The van der Waals surface area contributed by atoms with Crippen LogP contribution in [-0.2, 0) is 4.74 Å². The SMILES string of the molecule is Cc1cc(Oc2ccnc3cc(OC[C@H]4CO4)c(C#N)cc23)ccc1NC(=O)NC1CC1. The number of benzene rings is 2. The topological polar surface area (TPSA) is 109 Å². The van der Waals surface area contributed by atoms with E-state index in [4.69, 9.17) is 14.2 Å². The zero-order valence-corrected chi connectivity index (χ0v) is 17.6. The molecule has 2 aromatic carbocycles. The van der Waals surface area contributed by atoms with E-state index in [-0.39, 0.29) is 12.1 Å². The summed E-state index contributed by atoms with van der Waals surface area (Å²) < 4.78 is 17.0. The van der Waals surface area contributed by atoms with Gasteiger partial charge in [0.25, 0.3) is 0 Å². The van der Waals surface area contributed by atoms with Crippen LogP contribution < -0.4 is 20.1 Å². The van der Waals surface area contributed by atoms with Crippen LogP contribution in [-0.4, -0.2) is 36.4 Å². The lowest BCUT2D eigenvalue weighted by Crippen LogP contribution is -2.30. The van der Waals surface area contributed by atoms with Gasteiger partial charge in [-0.2, -0.15) is 5.26 Å². The summed E-state index contributed by atoms with van der Waals surface area (Å²) in [5, 5.41) is 16.1. The minimum absolute atomic E-state index is 0.0975. The zero-order chi connectivity index (χ0) is 22.1. The van der Waals surface area contributed by atoms with Gasteiger partial charge in [-0.3, -0.25) is 4.98 Å². The summed E-state index contributed by atoms with van der Waals surface area (Å²) >= 11 is 0. The number of pyridine rings is 1. The molecule has 1 atom stereocenters. The van der Waals surface area contributed by atoms with Crippen molar-refractivity contribution in [3.63, 3.8) is 0 Å². The van der Waals surface area contributed by atoms with Crippen molar-refractivity contribution in [2.45, 2.75) is 31.9 Å². The first-order valence-corrected chi connectivity index (χ1v) is 10.5. The number of fused-ring (bicyclic) bond motifs is 1. The first-order valence-electron chi connectivity index (χ1n) is 10.5. The second-order valence-corrected chi connectivity index (χ2v) is 8.00. The Kier molecular flexibility index (Phi) is 5.25. The molecular weight excluding hydrogens is 408 g/mol. The molecule has 2 amide bonds. The van der Waals surface area contributed by atoms with E-state index in [1.165, 1.54) is 0 Å². The second-order valence-electron chi connectivity index (χ2n) is 8.00. The van der Waals surface area contributed by atoms with Gasteiger partial charge in [-0.25, -0.2) is 4.79 Å². The van der Waals surface area contributed by atoms with Crippen LogP contribution in [0.15, 0.2) is 42.6 Å². The number of nitrogens with zero attached hydrogens (tertiary/aromatic N) is 2. The lowest BCUT2D eigenvalue weighted by Gasteiger charge is -2.14. The summed E-state index contributed by atoms with van der Waals surface area (Å²) in [6.07, 6.45) is 3.83. The molecule has 2 fully saturated rings. The number of hydrogen-bond acceptors (Lipinski definition) is 6. The fourth-order valence-corrected chi connectivity index (χ4v) is 3.33. The summed E-state index contributed by atoms with van der Waals surface area (Å²) in [5.74, 6) is 1.68. The smallest absolute Gasteiger partial charge is 0.319 e. The standard InChI is InChI=1S/C24H22N4O4/c1-14-8-17(4-5-20(14)28-24(29)27-16-2-3-16)32-22-6-7-26-21-10-23(31-13-18-12-30-18)15(11-25)9-19(21)22/h4-10,16,18H,2-3,12-13H2,1H3,(H2,27,28,29)/t18-/m1/s1. The summed E-state index contributed by atoms with van der Waals surface area (Å²) in [5.41, 5.74) is 2.68. The number of aryl methyl sites for hydroxylation is 1. The Morgan fingerprint density at radius 2 is 2.09 bits per heavy atom. The second kappa shape index (κ2) is 8.36. The van der Waals surface area contributed by atoms with Crippen molar-refractivity contribution in [2.75, 3.05) is 18.5 Å². The average molecular weight is 430 g/mol. The van der Waals surface area contributed by atoms with E-state index in [9.17, 15) is 10.1 Å². The highest BCUT2D eigenvalue weighted by Crippen LogP contribution is 2.34. The highest BCUT2D eigenvalue weighted by Gasteiger charge is 2.24. The Labute approximate surface area is 185 Å². The molecule has 3 aromatic rings. The largest absolute Gasteiger partial charge is 0.489 e. The molecule has 0 radical (unpaired) electrons. The van der Waals surface area contributed by atoms with Gasteiger partial charge in [0.2, 0.25) is 0 Å². The molecule has 2 aliphatic rings. The summed E-state index contributed by atoms with van der Waals surface area (Å²) in [7, 11) is 0. The van der Waals surface area contributed by atoms with Gasteiger partial charge in [0, 0.05) is 29.4 Å². The number of hydrogen-bond donors (Lipinski definition) is 2. The van der Waals surface area contributed by atoms with E-state index >= 15 is 0 Å². The van der Waals surface area contributed by atoms with Gasteiger partial charge < -0.3 is 24.8 Å². The number of urea groups is 1. The van der Waals surface area contributed by atoms with E-state index in [2.05, 4.69) is 21.7 Å². The Morgan fingerprint density at radius 1 is 1.25 bits per heavy atom. The molecule has 1 aliphatic heterocycles. The first-order chi connectivity index (χ1) is 15.6. The number of amides is 2. The number of nitrogens with one attached hydrogen (secondary N) is 2. The predicted octanol–water partition coefficient (Wildman–Crippen LogP) is 4.27. The van der Waals surface area contributed by atoms with Crippen molar-refractivity contribution in [3.05, 3.63) is 53.7 Å². The van der Waals surface area contributed by atoms with Gasteiger partial charge in [0.1, 0.15) is 36.0 Å². The molecule has 1 aliphatic carbocycles. The number of ether oxygens (including phenoxy) is 3. The number of carbonyl (C=O) groups excluding carboxylic acids is 1. The van der Waals surface area contributed by atoms with Crippen LogP contribution in [0, 0.1) is 18.3 Å². The van der Waals surface area contributed by atoms with Crippen LogP contribution in [0.1, 0.15) is 24.0 Å². The number of rotatable bonds is 7. The van der Waals surface area contributed by atoms with Crippen molar-refractivity contribution in [1.82, 2.24) is 10.3 Å². The maximum absolute atomic E-state index is 12.0. The molecule has 0 spiro atoms. The molecule has 5 rings (SSSR count). The monoisotopic (exact) mass is 430 g/mol. The van der Waals surface area contributed by atoms with Crippen molar-refractivity contribution < 1.29 is 19.0 Å². The molecule has 1 aromatic heterocycles. The van der Waals surface area contributed by atoms with Crippen molar-refractivity contribution in [3.8, 4) is 23.3 Å². The van der Waals surface area contributed by atoms with Crippen molar-refractivity contribution in [1.29, 1.82) is 5.26 Å². The van der Waals surface area contributed by atoms with Crippen molar-refractivity contribution in [2.24, 2.45) is 0 Å². The van der Waals surface area contributed by atoms with Crippen LogP contribution >= 0.6 is 0 Å². The molecule has 1 saturated heterocycles. The number of epoxide rings is 1. The Morgan fingerprint density at radius 3 is 2.81 bits per heavy atom. The lowest BCUT2D eigenvalue weighted by molar-refractivity contribution is 0.251. The van der Waals surface area contributed by atoms with E-state index in [0.29, 0.717) is 53.0 Å². The maximum Gasteiger partial charge on any atom is 0.319 e. The molecule has 1 saturated carbocycles. The molecular formula is C24H22N4O4. The minimum Gasteiger partial charge on any atom is -0.489 e. The predicted molar refractivity (Wildman–Crippen MR) is 118 cm³/mol. The number of aromatic nitrogens is 1. The van der Waals surface area contributed by atoms with Gasteiger partial charge in [-0.1, -0.05) is 0 Å². The number of carbonyl (C=O) groups is 1. The zero-order valence-electron chi connectivity index (χ0n) is 17.6. The highest BCUT2D eigenvalue weighted by atomic mass is 16.6. The fourth-order valence-electron chi connectivity index (χ4n) is 3.33. The van der Waals surface area contributed by atoms with E-state index in [0.717, 1.165) is 24.1 Å². The van der Waals surface area contributed by atoms with E-state index in [1.807, 2.05) is 19.1 Å². The van der Waals surface area contributed by atoms with Gasteiger partial charge in [-0.15, -0.1) is 0 Å². The first kappa shape index (κ1) is 20.1. The Balaban J connectivity index is 1.36. The molecule has 32 heavy (non-hydrogen) atoms. The third-order valence-electron chi connectivity index (χ3n) is 5.34. The molecule has 2 heterocycles. The van der Waals surface area contributed by atoms with Gasteiger partial charge >= 0.3 is 6.03 Å². The molecule has 0 unspecified atom stereocenters. The minimum atomic E-state index is -0.195. The molecule has 8 nitrogen and oxygen atoms in total. The number of anilines is 1. The lowest BCUT2D eigenvalue weighted by atomic mass is 10.1. The van der Waals surface area contributed by atoms with Crippen LogP contribution in [0.25, 0.3) is 10.9 Å². The van der Waals surface area contributed by atoms with Gasteiger partial charge in [0.15, 0.2) is 0 Å². The fraction of sp³-hybridized carbons (Fsp3) is 0.292. The van der Waals surface area contributed by atoms with Crippen LogP contribution in [0.3, 0.4) is 0 Å². The normalized spacial score (nSPS) is 16.8. The third-order valence-corrected chi connectivity index (χ3v) is 5.34. The summed E-state index contributed by atoms with van der Waals surface area (Å²) in [6, 6.07) is 13.0. The van der Waals surface area contributed by atoms with Gasteiger partial charge in [-0.05, 0) is 55.7 Å². The molecule has 162 valence electrons. The summed E-state index contributed by atoms with van der Waals surface area (Å²) in [4.78, 5) is 16.4. The van der Waals surface area contributed by atoms with Crippen molar-refractivity contribution >= 4 is 22.6 Å². The average Bonchev–Trinajstić information content (AvgIpc) is 3.70. The van der Waals surface area contributed by atoms with E-state index < -0.39 is 0 Å². The number of nitriles is 1. The van der Waals surface area contributed by atoms with Crippen LogP contribution in [0.2, 0.25) is 0 Å². The third kappa shape index (κ3) is 4.58. The van der Waals surface area contributed by atoms with E-state index in [1.54, 1.807) is 30.5 Å². The summed E-state index contributed by atoms with van der Waals surface area (Å²) in [6.45, 7) is 3.00. The Bertz CT molecular complexity index is 1230. The maximum atomic E-state index is 12.0. The molecule has 2 N–H and O–H groups in total. The Hall–Kier alpha value is -3.83. The van der Waals surface area contributed by atoms with Crippen LogP contribution in [0.5, 0.6) is 17.2 Å².